The van der Waals surface area contributed by atoms with E-state index in [1.807, 2.05) is 14.0 Å². The largest absolute Gasteiger partial charge is 0.382 e. The second kappa shape index (κ2) is 7.81. The summed E-state index contributed by atoms with van der Waals surface area (Å²) in [4.78, 5) is 8.29. The molecule has 0 saturated carbocycles. The van der Waals surface area contributed by atoms with Gasteiger partial charge >= 0.3 is 0 Å². The Morgan fingerprint density at radius 1 is 1.18 bits per heavy atom. The fourth-order valence-electron chi connectivity index (χ4n) is 1.37. The first kappa shape index (κ1) is 13.7. The molecule has 17 heavy (non-hydrogen) atoms. The summed E-state index contributed by atoms with van der Waals surface area (Å²) in [6.07, 6.45) is 1.53. The van der Waals surface area contributed by atoms with E-state index in [0.29, 0.717) is 26.4 Å². The van der Waals surface area contributed by atoms with Crippen LogP contribution in [0.25, 0.3) is 0 Å². The van der Waals surface area contributed by atoms with Crippen LogP contribution in [-0.2, 0) is 9.47 Å². The monoisotopic (exact) mass is 240 g/mol. The van der Waals surface area contributed by atoms with E-state index in [9.17, 15) is 0 Å². The minimum absolute atomic E-state index is 0.614. The standard InChI is InChI=1S/C11H20N4O2/c1-9-10(12-2)14-8-15-11(9)13-4-5-17-7-6-16-3/h8H,4-7H2,1-3H3,(H2,12,13,14,15). The van der Waals surface area contributed by atoms with Gasteiger partial charge in [0.05, 0.1) is 19.8 Å². The zero-order valence-corrected chi connectivity index (χ0v) is 10.6. The maximum Gasteiger partial charge on any atom is 0.134 e. The molecule has 0 amide bonds. The van der Waals surface area contributed by atoms with E-state index in [1.54, 1.807) is 7.11 Å². The van der Waals surface area contributed by atoms with Crippen LogP contribution >= 0.6 is 0 Å². The van der Waals surface area contributed by atoms with Crippen molar-refractivity contribution in [1.29, 1.82) is 0 Å². The quantitative estimate of drug-likeness (QED) is 0.658. The van der Waals surface area contributed by atoms with Crippen LogP contribution in [0.4, 0.5) is 11.6 Å². The van der Waals surface area contributed by atoms with Gasteiger partial charge in [-0.05, 0) is 6.92 Å². The molecule has 2 N–H and O–H groups in total. The third-order valence-corrected chi connectivity index (χ3v) is 2.29. The molecule has 0 fully saturated rings. The Kier molecular flexibility index (Phi) is 6.27. The minimum atomic E-state index is 0.614. The minimum Gasteiger partial charge on any atom is -0.382 e. The number of ether oxygens (including phenoxy) is 2. The molecule has 0 spiro atoms. The van der Waals surface area contributed by atoms with E-state index in [1.165, 1.54) is 6.33 Å². The van der Waals surface area contributed by atoms with Crippen molar-refractivity contribution in [3.63, 3.8) is 0 Å². The average Bonchev–Trinajstić information content (AvgIpc) is 2.35. The molecule has 1 rings (SSSR count). The Balaban J connectivity index is 2.31. The summed E-state index contributed by atoms with van der Waals surface area (Å²) in [6, 6.07) is 0. The predicted octanol–water partition coefficient (Wildman–Crippen LogP) is 0.902. The summed E-state index contributed by atoms with van der Waals surface area (Å²) < 4.78 is 10.2. The molecule has 0 saturated heterocycles. The Hall–Kier alpha value is -1.40. The number of aromatic nitrogens is 2. The Morgan fingerprint density at radius 2 is 1.94 bits per heavy atom. The summed E-state index contributed by atoms with van der Waals surface area (Å²) in [5.74, 6) is 1.67. The average molecular weight is 240 g/mol. The molecule has 0 atom stereocenters. The third-order valence-electron chi connectivity index (χ3n) is 2.29. The third kappa shape index (κ3) is 4.54. The molecule has 6 nitrogen and oxygen atoms in total. The maximum absolute atomic E-state index is 5.35. The first-order valence-corrected chi connectivity index (χ1v) is 5.59. The normalized spacial score (nSPS) is 10.3. The van der Waals surface area contributed by atoms with Gasteiger partial charge in [-0.1, -0.05) is 0 Å². The second-order valence-corrected chi connectivity index (χ2v) is 3.48. The first-order valence-electron chi connectivity index (χ1n) is 5.59. The van der Waals surface area contributed by atoms with Crippen molar-refractivity contribution >= 4 is 11.6 Å². The van der Waals surface area contributed by atoms with Gasteiger partial charge in [-0.2, -0.15) is 0 Å². The fourth-order valence-corrected chi connectivity index (χ4v) is 1.37. The van der Waals surface area contributed by atoms with Crippen molar-refractivity contribution in [2.45, 2.75) is 6.92 Å². The lowest BCUT2D eigenvalue weighted by atomic mass is 10.3. The van der Waals surface area contributed by atoms with E-state index in [2.05, 4.69) is 20.6 Å². The highest BCUT2D eigenvalue weighted by molar-refractivity contribution is 5.55. The lowest BCUT2D eigenvalue weighted by molar-refractivity contribution is 0.0759. The number of nitrogens with zero attached hydrogens (tertiary/aromatic N) is 2. The van der Waals surface area contributed by atoms with Crippen LogP contribution in [0, 0.1) is 6.92 Å². The molecule has 0 aliphatic rings. The van der Waals surface area contributed by atoms with Gasteiger partial charge in [-0.15, -0.1) is 0 Å². The van der Waals surface area contributed by atoms with Gasteiger partial charge in [0.25, 0.3) is 0 Å². The van der Waals surface area contributed by atoms with Gasteiger partial charge in [0.2, 0.25) is 0 Å². The van der Waals surface area contributed by atoms with Crippen LogP contribution in [0.5, 0.6) is 0 Å². The highest BCUT2D eigenvalue weighted by Crippen LogP contribution is 2.16. The van der Waals surface area contributed by atoms with Gasteiger partial charge < -0.3 is 20.1 Å². The summed E-state index contributed by atoms with van der Waals surface area (Å²) in [5.41, 5.74) is 1.01. The SMILES string of the molecule is CNc1ncnc(NCCOCCOC)c1C. The molecule has 1 heterocycles. The Labute approximate surface area is 102 Å². The van der Waals surface area contributed by atoms with E-state index >= 15 is 0 Å². The molecule has 1 aromatic heterocycles. The first-order chi connectivity index (χ1) is 8.29. The van der Waals surface area contributed by atoms with Gasteiger partial charge in [0, 0.05) is 26.3 Å². The summed E-state index contributed by atoms with van der Waals surface area (Å²) in [6.45, 7) is 4.55. The Bertz CT molecular complexity index is 333. The molecule has 0 aromatic carbocycles. The highest BCUT2D eigenvalue weighted by Gasteiger charge is 2.04. The second-order valence-electron chi connectivity index (χ2n) is 3.48. The number of hydrogen-bond acceptors (Lipinski definition) is 6. The zero-order valence-electron chi connectivity index (χ0n) is 10.6. The lowest BCUT2D eigenvalue weighted by Crippen LogP contribution is -2.14. The van der Waals surface area contributed by atoms with Crippen molar-refractivity contribution in [2.75, 3.05) is 51.2 Å². The molecule has 0 radical (unpaired) electrons. The molecular formula is C11H20N4O2. The van der Waals surface area contributed by atoms with Crippen LogP contribution in [-0.4, -0.2) is 50.5 Å². The van der Waals surface area contributed by atoms with Crippen molar-refractivity contribution in [1.82, 2.24) is 9.97 Å². The van der Waals surface area contributed by atoms with Gasteiger partial charge in [0.15, 0.2) is 0 Å². The van der Waals surface area contributed by atoms with Crippen LogP contribution in [0.15, 0.2) is 6.33 Å². The molecule has 1 aromatic rings. The lowest BCUT2D eigenvalue weighted by Gasteiger charge is -2.11. The molecule has 6 heteroatoms. The molecule has 0 bridgehead atoms. The number of rotatable bonds is 8. The molecule has 96 valence electrons. The molecule has 0 aliphatic heterocycles. The molecular weight excluding hydrogens is 220 g/mol. The summed E-state index contributed by atoms with van der Waals surface area (Å²) in [7, 11) is 3.50. The fraction of sp³-hybridized carbons (Fsp3) is 0.636. The zero-order chi connectivity index (χ0) is 12.5. The van der Waals surface area contributed by atoms with E-state index in [4.69, 9.17) is 9.47 Å². The van der Waals surface area contributed by atoms with Crippen LogP contribution < -0.4 is 10.6 Å². The summed E-state index contributed by atoms with van der Waals surface area (Å²) >= 11 is 0. The van der Waals surface area contributed by atoms with Gasteiger partial charge in [-0.3, -0.25) is 0 Å². The van der Waals surface area contributed by atoms with Crippen LogP contribution in [0.1, 0.15) is 5.56 Å². The smallest absolute Gasteiger partial charge is 0.134 e. The van der Waals surface area contributed by atoms with Crippen LogP contribution in [0.3, 0.4) is 0 Å². The topological polar surface area (TPSA) is 68.3 Å². The number of anilines is 2. The van der Waals surface area contributed by atoms with Crippen molar-refractivity contribution in [3.05, 3.63) is 11.9 Å². The van der Waals surface area contributed by atoms with E-state index in [0.717, 1.165) is 17.2 Å². The van der Waals surface area contributed by atoms with E-state index in [-0.39, 0.29) is 0 Å². The number of hydrogen-bond donors (Lipinski definition) is 2. The number of methoxy groups -OCH3 is 1. The van der Waals surface area contributed by atoms with Crippen molar-refractivity contribution < 1.29 is 9.47 Å². The maximum atomic E-state index is 5.35. The van der Waals surface area contributed by atoms with Gasteiger partial charge in [0.1, 0.15) is 18.0 Å². The molecule has 0 unspecified atom stereocenters. The number of nitrogens with one attached hydrogen (secondary N) is 2. The van der Waals surface area contributed by atoms with Crippen molar-refractivity contribution in [2.24, 2.45) is 0 Å². The van der Waals surface area contributed by atoms with Gasteiger partial charge in [-0.25, -0.2) is 9.97 Å². The Morgan fingerprint density at radius 3 is 2.65 bits per heavy atom. The summed E-state index contributed by atoms with van der Waals surface area (Å²) in [5, 5.41) is 6.22. The predicted molar refractivity (Wildman–Crippen MR) is 67.5 cm³/mol. The highest BCUT2D eigenvalue weighted by atomic mass is 16.5. The van der Waals surface area contributed by atoms with E-state index < -0.39 is 0 Å². The van der Waals surface area contributed by atoms with Crippen molar-refractivity contribution in [3.8, 4) is 0 Å². The van der Waals surface area contributed by atoms with Crippen LogP contribution in [0.2, 0.25) is 0 Å². The molecule has 0 aliphatic carbocycles.